The van der Waals surface area contributed by atoms with Gasteiger partial charge in [0, 0.05) is 30.8 Å². The molecule has 0 aromatic heterocycles. The van der Waals surface area contributed by atoms with E-state index in [2.05, 4.69) is 17.0 Å². The Balaban J connectivity index is 2.18. The molecule has 0 radical (unpaired) electrons. The van der Waals surface area contributed by atoms with E-state index in [0.29, 0.717) is 6.54 Å². The average Bonchev–Trinajstić information content (AvgIpc) is 2.48. The van der Waals surface area contributed by atoms with Gasteiger partial charge in [0.1, 0.15) is 5.75 Å². The molecule has 2 aromatic carbocycles. The molecule has 0 bridgehead atoms. The zero-order valence-corrected chi connectivity index (χ0v) is 12.5. The highest BCUT2D eigenvalue weighted by Gasteiger charge is 2.08. The molecule has 2 rings (SSSR count). The summed E-state index contributed by atoms with van der Waals surface area (Å²) < 4.78 is 5.16. The molecule has 0 heterocycles. The molecular weight excluding hydrogens is 272 g/mol. The van der Waals surface area contributed by atoms with Crippen LogP contribution in [0.2, 0.25) is 5.02 Å². The van der Waals surface area contributed by atoms with Gasteiger partial charge in [0.25, 0.3) is 0 Å². The van der Waals surface area contributed by atoms with Crippen molar-refractivity contribution in [3.05, 3.63) is 58.6 Å². The molecule has 0 unspecified atom stereocenters. The number of rotatable bonds is 5. The maximum absolute atomic E-state index is 6.08. The van der Waals surface area contributed by atoms with Crippen molar-refractivity contribution in [1.82, 2.24) is 0 Å². The normalized spacial score (nSPS) is 10.4. The zero-order valence-electron chi connectivity index (χ0n) is 11.8. The Morgan fingerprint density at radius 3 is 2.45 bits per heavy atom. The third-order valence-corrected chi connectivity index (χ3v) is 3.49. The van der Waals surface area contributed by atoms with Crippen molar-refractivity contribution < 1.29 is 4.74 Å². The van der Waals surface area contributed by atoms with Gasteiger partial charge in [-0.3, -0.25) is 0 Å². The van der Waals surface area contributed by atoms with Crippen molar-refractivity contribution in [1.29, 1.82) is 0 Å². The van der Waals surface area contributed by atoms with Crippen LogP contribution in [0.25, 0.3) is 0 Å². The molecule has 0 amide bonds. The Kier molecular flexibility index (Phi) is 4.88. The topological polar surface area (TPSA) is 38.5 Å². The van der Waals surface area contributed by atoms with Crippen molar-refractivity contribution >= 4 is 17.3 Å². The Morgan fingerprint density at radius 1 is 1.15 bits per heavy atom. The lowest BCUT2D eigenvalue weighted by molar-refractivity contribution is 0.414. The zero-order chi connectivity index (χ0) is 14.5. The Bertz CT molecular complexity index is 569. The molecule has 0 aliphatic heterocycles. The third kappa shape index (κ3) is 3.44. The Morgan fingerprint density at radius 2 is 1.85 bits per heavy atom. The first-order valence-electron chi connectivity index (χ1n) is 6.46. The third-order valence-electron chi connectivity index (χ3n) is 3.26. The maximum atomic E-state index is 6.08. The van der Waals surface area contributed by atoms with Crippen LogP contribution >= 0.6 is 11.6 Å². The van der Waals surface area contributed by atoms with E-state index in [9.17, 15) is 0 Å². The summed E-state index contributed by atoms with van der Waals surface area (Å²) in [7, 11) is 3.70. The van der Waals surface area contributed by atoms with Gasteiger partial charge in [0.15, 0.2) is 0 Å². The molecule has 0 spiro atoms. The van der Waals surface area contributed by atoms with E-state index in [0.717, 1.165) is 28.6 Å². The van der Waals surface area contributed by atoms with Crippen LogP contribution < -0.4 is 15.4 Å². The van der Waals surface area contributed by atoms with E-state index in [1.165, 1.54) is 5.56 Å². The molecule has 0 saturated carbocycles. The second kappa shape index (κ2) is 6.64. The van der Waals surface area contributed by atoms with Crippen molar-refractivity contribution in [3.63, 3.8) is 0 Å². The monoisotopic (exact) mass is 290 g/mol. The van der Waals surface area contributed by atoms with Gasteiger partial charge in [-0.25, -0.2) is 0 Å². The lowest BCUT2D eigenvalue weighted by Gasteiger charge is -2.22. The number of nitrogens with zero attached hydrogens (tertiary/aromatic N) is 1. The van der Waals surface area contributed by atoms with Gasteiger partial charge in [-0.15, -0.1) is 0 Å². The summed E-state index contributed by atoms with van der Waals surface area (Å²) in [4.78, 5) is 2.15. The number of benzene rings is 2. The highest BCUT2D eigenvalue weighted by atomic mass is 35.5. The van der Waals surface area contributed by atoms with Crippen molar-refractivity contribution in [2.75, 3.05) is 19.1 Å². The van der Waals surface area contributed by atoms with Crippen LogP contribution in [0.15, 0.2) is 42.5 Å². The van der Waals surface area contributed by atoms with Crippen LogP contribution in [0.3, 0.4) is 0 Å². The standard InChI is InChI=1S/C16H19ClN2O/c1-19(11-12-3-7-15(20-2)8-4-12)16-9-14(17)6-5-13(16)10-18/h3-9H,10-11,18H2,1-2H3. The van der Waals surface area contributed by atoms with Crippen LogP contribution in [-0.4, -0.2) is 14.2 Å². The minimum absolute atomic E-state index is 0.499. The predicted octanol–water partition coefficient (Wildman–Crippen LogP) is 3.44. The number of halogens is 1. The van der Waals surface area contributed by atoms with Crippen molar-refractivity contribution in [2.24, 2.45) is 5.73 Å². The van der Waals surface area contributed by atoms with Crippen LogP contribution in [0, 0.1) is 0 Å². The lowest BCUT2D eigenvalue weighted by Crippen LogP contribution is -2.18. The quantitative estimate of drug-likeness (QED) is 0.917. The average molecular weight is 291 g/mol. The second-order valence-electron chi connectivity index (χ2n) is 4.68. The fourth-order valence-electron chi connectivity index (χ4n) is 2.15. The maximum Gasteiger partial charge on any atom is 0.118 e. The predicted molar refractivity (Wildman–Crippen MR) is 84.4 cm³/mol. The van der Waals surface area contributed by atoms with Crippen LogP contribution in [0.5, 0.6) is 5.75 Å². The molecule has 0 fully saturated rings. The SMILES string of the molecule is COc1ccc(CN(C)c2cc(Cl)ccc2CN)cc1. The number of anilines is 1. The van der Waals surface area contributed by atoms with E-state index in [4.69, 9.17) is 22.1 Å². The summed E-state index contributed by atoms with van der Waals surface area (Å²) in [6.45, 7) is 1.29. The van der Waals surface area contributed by atoms with Gasteiger partial charge in [-0.05, 0) is 35.4 Å². The summed E-state index contributed by atoms with van der Waals surface area (Å²) >= 11 is 6.08. The van der Waals surface area contributed by atoms with E-state index in [-0.39, 0.29) is 0 Å². The van der Waals surface area contributed by atoms with Gasteiger partial charge in [-0.1, -0.05) is 29.8 Å². The molecule has 4 heteroatoms. The molecule has 3 nitrogen and oxygen atoms in total. The minimum atomic E-state index is 0.499. The van der Waals surface area contributed by atoms with Crippen LogP contribution in [0.4, 0.5) is 5.69 Å². The Labute approximate surface area is 124 Å². The summed E-state index contributed by atoms with van der Waals surface area (Å²) in [6.07, 6.45) is 0. The highest BCUT2D eigenvalue weighted by Crippen LogP contribution is 2.25. The van der Waals surface area contributed by atoms with Gasteiger partial charge >= 0.3 is 0 Å². The summed E-state index contributed by atoms with van der Waals surface area (Å²) in [6, 6.07) is 13.8. The number of hydrogen-bond donors (Lipinski definition) is 1. The first kappa shape index (κ1) is 14.7. The molecule has 0 aliphatic carbocycles. The number of ether oxygens (including phenoxy) is 1. The fraction of sp³-hybridized carbons (Fsp3) is 0.250. The summed E-state index contributed by atoms with van der Waals surface area (Å²) in [5, 5.41) is 0.721. The van der Waals surface area contributed by atoms with Gasteiger partial charge in [0.05, 0.1) is 7.11 Å². The van der Waals surface area contributed by atoms with Crippen LogP contribution in [0.1, 0.15) is 11.1 Å². The van der Waals surface area contributed by atoms with Crippen LogP contribution in [-0.2, 0) is 13.1 Å². The van der Waals surface area contributed by atoms with E-state index < -0.39 is 0 Å². The molecule has 0 atom stereocenters. The second-order valence-corrected chi connectivity index (χ2v) is 5.12. The molecule has 0 saturated heterocycles. The molecular formula is C16H19ClN2O. The molecule has 2 N–H and O–H groups in total. The molecule has 0 aliphatic rings. The molecule has 20 heavy (non-hydrogen) atoms. The summed E-state index contributed by atoms with van der Waals surface area (Å²) in [5.74, 6) is 0.863. The van der Waals surface area contributed by atoms with Crippen molar-refractivity contribution in [2.45, 2.75) is 13.1 Å². The fourth-order valence-corrected chi connectivity index (χ4v) is 2.32. The van der Waals surface area contributed by atoms with E-state index in [1.54, 1.807) is 7.11 Å². The smallest absolute Gasteiger partial charge is 0.118 e. The first-order chi connectivity index (χ1) is 9.63. The van der Waals surface area contributed by atoms with Gasteiger partial charge < -0.3 is 15.4 Å². The van der Waals surface area contributed by atoms with E-state index >= 15 is 0 Å². The number of methoxy groups -OCH3 is 1. The minimum Gasteiger partial charge on any atom is -0.497 e. The lowest BCUT2D eigenvalue weighted by atomic mass is 10.1. The van der Waals surface area contributed by atoms with Crippen molar-refractivity contribution in [3.8, 4) is 5.75 Å². The first-order valence-corrected chi connectivity index (χ1v) is 6.84. The Hall–Kier alpha value is -1.71. The number of hydrogen-bond acceptors (Lipinski definition) is 3. The highest BCUT2D eigenvalue weighted by molar-refractivity contribution is 6.30. The molecule has 106 valence electrons. The van der Waals surface area contributed by atoms with Gasteiger partial charge in [-0.2, -0.15) is 0 Å². The number of nitrogens with two attached hydrogens (primary N) is 1. The summed E-state index contributed by atoms with van der Waals surface area (Å²) in [5.41, 5.74) is 9.14. The van der Waals surface area contributed by atoms with Gasteiger partial charge in [0.2, 0.25) is 0 Å². The largest absolute Gasteiger partial charge is 0.497 e. The van der Waals surface area contributed by atoms with E-state index in [1.807, 2.05) is 37.4 Å². The molecule has 2 aromatic rings.